The summed E-state index contributed by atoms with van der Waals surface area (Å²) in [5.74, 6) is 0. The lowest BCUT2D eigenvalue weighted by atomic mass is 10.1. The highest BCUT2D eigenvalue weighted by atomic mass is 35.5. The first-order chi connectivity index (χ1) is 16.8. The Kier molecular flexibility index (Phi) is 23.5. The highest BCUT2D eigenvalue weighted by Crippen LogP contribution is 2.16. The Morgan fingerprint density at radius 3 is 0.917 bits per heavy atom. The topological polar surface area (TPSA) is 7.76 Å². The fourth-order valence-corrected chi connectivity index (χ4v) is 4.81. The molecule has 0 unspecified atom stereocenters. The van der Waals surface area contributed by atoms with Crippen molar-refractivity contribution in [2.24, 2.45) is 0 Å². The molecule has 2 heterocycles. The monoisotopic (exact) mass is 536 g/mol. The first-order valence-electron chi connectivity index (χ1n) is 14.8. The summed E-state index contributed by atoms with van der Waals surface area (Å²) in [5.41, 5.74) is 2.64. The second-order valence-electron chi connectivity index (χ2n) is 10.3. The number of aromatic nitrogens is 2. The van der Waals surface area contributed by atoms with Gasteiger partial charge in [-0.05, 0) is 24.0 Å². The molecule has 4 heteroatoms. The van der Waals surface area contributed by atoms with E-state index in [0.29, 0.717) is 0 Å². The molecule has 0 fully saturated rings. The van der Waals surface area contributed by atoms with Gasteiger partial charge in [0.05, 0.1) is 0 Å². The second-order valence-corrected chi connectivity index (χ2v) is 10.3. The Hall–Kier alpha value is -1.12. The summed E-state index contributed by atoms with van der Waals surface area (Å²) >= 11 is 0. The van der Waals surface area contributed by atoms with Crippen molar-refractivity contribution in [1.29, 1.82) is 0 Å². The maximum Gasteiger partial charge on any atom is 0.169 e. The summed E-state index contributed by atoms with van der Waals surface area (Å²) in [4.78, 5) is 0. The normalized spacial score (nSPS) is 10.6. The molecule has 0 radical (unpaired) electrons. The largest absolute Gasteiger partial charge is 1.00 e. The van der Waals surface area contributed by atoms with Crippen molar-refractivity contribution >= 4 is 0 Å². The fraction of sp³-hybridized carbons (Fsp3) is 0.688. The predicted molar refractivity (Wildman–Crippen MR) is 147 cm³/mol. The Bertz CT molecular complexity index is 652. The average Bonchev–Trinajstić information content (AvgIpc) is 2.87. The van der Waals surface area contributed by atoms with E-state index in [1.165, 1.54) is 127 Å². The number of halogens is 2. The van der Waals surface area contributed by atoms with E-state index in [4.69, 9.17) is 0 Å². The molecule has 0 N–H and O–H groups in total. The molecule has 0 atom stereocenters. The van der Waals surface area contributed by atoms with Gasteiger partial charge in [-0.1, -0.05) is 104 Å². The highest BCUT2D eigenvalue weighted by molar-refractivity contribution is 5.60. The zero-order valence-corrected chi connectivity index (χ0v) is 24.9. The van der Waals surface area contributed by atoms with Crippen LogP contribution in [-0.4, -0.2) is 0 Å². The van der Waals surface area contributed by atoms with Gasteiger partial charge in [-0.3, -0.25) is 0 Å². The van der Waals surface area contributed by atoms with Crippen molar-refractivity contribution < 1.29 is 33.9 Å². The van der Waals surface area contributed by atoms with E-state index < -0.39 is 0 Å². The van der Waals surface area contributed by atoms with Crippen LogP contribution in [0, 0.1) is 0 Å². The fourth-order valence-electron chi connectivity index (χ4n) is 4.81. The van der Waals surface area contributed by atoms with Gasteiger partial charge >= 0.3 is 0 Å². The first-order valence-corrected chi connectivity index (χ1v) is 14.8. The van der Waals surface area contributed by atoms with Gasteiger partial charge in [-0.15, -0.1) is 0 Å². The zero-order valence-electron chi connectivity index (χ0n) is 23.4. The van der Waals surface area contributed by atoms with Crippen LogP contribution in [0.25, 0.3) is 11.1 Å². The molecule has 0 bridgehead atoms. The highest BCUT2D eigenvalue weighted by Gasteiger charge is 2.06. The SMILES string of the molecule is CCCCCCCCCCC[n+]1ccc(-c2cc[n+](CCCCCCCCCCC)cc2)cc1.[Cl-].[Cl-]. The molecule has 0 spiro atoms. The molecular weight excluding hydrogens is 483 g/mol. The van der Waals surface area contributed by atoms with Crippen molar-refractivity contribution in [1.82, 2.24) is 0 Å². The maximum absolute atomic E-state index is 2.34. The van der Waals surface area contributed by atoms with Crippen molar-refractivity contribution in [3.63, 3.8) is 0 Å². The van der Waals surface area contributed by atoms with Gasteiger partial charge in [0.1, 0.15) is 13.1 Å². The van der Waals surface area contributed by atoms with Crippen LogP contribution in [0.5, 0.6) is 0 Å². The molecule has 0 aliphatic carbocycles. The van der Waals surface area contributed by atoms with Gasteiger partial charge in [-0.25, -0.2) is 9.13 Å². The van der Waals surface area contributed by atoms with E-state index in [2.05, 4.69) is 72.0 Å². The third-order valence-electron chi connectivity index (χ3n) is 7.16. The number of aryl methyl sites for hydroxylation is 2. The third-order valence-corrected chi connectivity index (χ3v) is 7.16. The zero-order chi connectivity index (χ0) is 24.1. The van der Waals surface area contributed by atoms with Crippen LogP contribution in [0.1, 0.15) is 129 Å². The molecule has 2 nitrogen and oxygen atoms in total. The Balaban J connectivity index is 0.00000612. The maximum atomic E-state index is 2.34. The van der Waals surface area contributed by atoms with E-state index in [1.54, 1.807) is 0 Å². The molecular formula is C32H54Cl2N2. The summed E-state index contributed by atoms with van der Waals surface area (Å²) in [6, 6.07) is 9.09. The Morgan fingerprint density at radius 1 is 0.389 bits per heavy atom. The average molecular weight is 538 g/mol. The van der Waals surface area contributed by atoms with Crippen molar-refractivity contribution in [3.8, 4) is 11.1 Å². The molecule has 0 saturated carbocycles. The van der Waals surface area contributed by atoms with E-state index in [1.807, 2.05) is 0 Å². The Labute approximate surface area is 236 Å². The molecule has 2 rings (SSSR count). The molecule has 36 heavy (non-hydrogen) atoms. The lowest BCUT2D eigenvalue weighted by Crippen LogP contribution is -3.00. The number of nitrogens with zero attached hydrogens (tertiary/aromatic N) is 2. The van der Waals surface area contributed by atoms with E-state index >= 15 is 0 Å². The smallest absolute Gasteiger partial charge is 0.169 e. The minimum absolute atomic E-state index is 0. The van der Waals surface area contributed by atoms with Gasteiger partial charge in [-0.2, -0.15) is 0 Å². The molecule has 2 aromatic rings. The summed E-state index contributed by atoms with van der Waals surface area (Å²) < 4.78 is 4.69. The summed E-state index contributed by atoms with van der Waals surface area (Å²) in [6.07, 6.45) is 34.1. The quantitative estimate of drug-likeness (QED) is 0.171. The number of rotatable bonds is 21. The van der Waals surface area contributed by atoms with Crippen molar-refractivity contribution in [3.05, 3.63) is 49.1 Å². The van der Waals surface area contributed by atoms with Crippen molar-refractivity contribution in [2.75, 3.05) is 0 Å². The van der Waals surface area contributed by atoms with Gasteiger partial charge in [0.15, 0.2) is 24.8 Å². The van der Waals surface area contributed by atoms with Gasteiger partial charge in [0.25, 0.3) is 0 Å². The van der Waals surface area contributed by atoms with E-state index in [9.17, 15) is 0 Å². The van der Waals surface area contributed by atoms with Crippen LogP contribution in [0.2, 0.25) is 0 Å². The molecule has 0 aromatic carbocycles. The number of pyridine rings is 2. The molecule has 0 aliphatic rings. The number of hydrogen-bond acceptors (Lipinski definition) is 0. The van der Waals surface area contributed by atoms with Crippen LogP contribution in [0.3, 0.4) is 0 Å². The van der Waals surface area contributed by atoms with Gasteiger partial charge in [0, 0.05) is 37.1 Å². The molecule has 0 aliphatic heterocycles. The summed E-state index contributed by atoms with van der Waals surface area (Å²) in [7, 11) is 0. The molecule has 206 valence electrons. The molecule has 2 aromatic heterocycles. The lowest BCUT2D eigenvalue weighted by Gasteiger charge is -2.03. The van der Waals surface area contributed by atoms with Crippen LogP contribution in [0.15, 0.2) is 49.1 Å². The van der Waals surface area contributed by atoms with Crippen LogP contribution >= 0.6 is 0 Å². The molecule has 0 amide bonds. The third kappa shape index (κ3) is 16.6. The predicted octanol–water partition coefficient (Wildman–Crippen LogP) is 3.00. The number of hydrogen-bond donors (Lipinski definition) is 0. The van der Waals surface area contributed by atoms with Crippen LogP contribution in [0.4, 0.5) is 0 Å². The van der Waals surface area contributed by atoms with Crippen molar-refractivity contribution in [2.45, 2.75) is 143 Å². The second kappa shape index (κ2) is 24.2. The minimum atomic E-state index is 0. The standard InChI is InChI=1S/C32H54N2.2ClH/c1-3-5-7-9-11-13-15-17-19-25-33-27-21-31(22-28-33)32-23-29-34(30-24-32)26-20-18-16-14-12-10-8-6-4-2;;/h21-24,27-30H,3-20,25-26H2,1-2H3;2*1H/q+2;;/p-2. The first kappa shape index (κ1) is 34.9. The van der Waals surface area contributed by atoms with E-state index in [0.717, 1.165) is 13.1 Å². The van der Waals surface area contributed by atoms with Gasteiger partial charge < -0.3 is 24.8 Å². The minimum Gasteiger partial charge on any atom is -1.00 e. The van der Waals surface area contributed by atoms with Crippen LogP contribution < -0.4 is 33.9 Å². The lowest BCUT2D eigenvalue weighted by molar-refractivity contribution is -0.697. The Morgan fingerprint density at radius 2 is 0.639 bits per heavy atom. The van der Waals surface area contributed by atoms with E-state index in [-0.39, 0.29) is 24.8 Å². The summed E-state index contributed by atoms with van der Waals surface area (Å²) in [6.45, 7) is 6.87. The van der Waals surface area contributed by atoms with Crippen LogP contribution in [-0.2, 0) is 13.1 Å². The summed E-state index contributed by atoms with van der Waals surface area (Å²) in [5, 5.41) is 0. The number of unbranched alkanes of at least 4 members (excludes halogenated alkanes) is 16. The van der Waals surface area contributed by atoms with Gasteiger partial charge in [0.2, 0.25) is 0 Å². The molecule has 0 saturated heterocycles.